The molecule has 0 radical (unpaired) electrons. The van der Waals surface area contributed by atoms with Gasteiger partial charge >= 0.3 is 0 Å². The maximum Gasteiger partial charge on any atom is 0.157 e. The molecule has 0 saturated heterocycles. The van der Waals surface area contributed by atoms with Gasteiger partial charge in [0.05, 0.1) is 6.54 Å². The lowest BCUT2D eigenvalue weighted by atomic mass is 9.91. The molecule has 0 saturated carbocycles. The van der Waals surface area contributed by atoms with E-state index in [-0.39, 0.29) is 11.2 Å². The predicted molar refractivity (Wildman–Crippen MR) is 48.9 cm³/mol. The number of aromatic nitrogens is 1. The summed E-state index contributed by atoms with van der Waals surface area (Å²) >= 11 is 0. The number of carbonyl (C=O) groups excluding carboxylic acids is 1. The van der Waals surface area contributed by atoms with Crippen molar-refractivity contribution >= 4 is 5.78 Å². The van der Waals surface area contributed by atoms with Crippen molar-refractivity contribution in [3.05, 3.63) is 24.5 Å². The molecule has 0 spiro atoms. The molecule has 2 heteroatoms. The Hall–Kier alpha value is -1.05. The molecule has 66 valence electrons. The van der Waals surface area contributed by atoms with Crippen LogP contribution in [-0.4, -0.2) is 10.4 Å². The van der Waals surface area contributed by atoms with Gasteiger partial charge in [0.1, 0.15) is 0 Å². The van der Waals surface area contributed by atoms with Gasteiger partial charge in [-0.1, -0.05) is 20.8 Å². The minimum absolute atomic E-state index is 0.232. The van der Waals surface area contributed by atoms with E-state index in [0.717, 1.165) is 0 Å². The van der Waals surface area contributed by atoms with Crippen LogP contribution >= 0.6 is 0 Å². The summed E-state index contributed by atoms with van der Waals surface area (Å²) in [5, 5.41) is 0. The Kier molecular flexibility index (Phi) is 2.36. The van der Waals surface area contributed by atoms with Crippen molar-refractivity contribution in [2.75, 3.05) is 0 Å². The third-order valence-corrected chi connectivity index (χ3v) is 1.83. The zero-order chi connectivity index (χ0) is 9.19. The highest BCUT2D eigenvalue weighted by atomic mass is 16.1. The molecule has 12 heavy (non-hydrogen) atoms. The lowest BCUT2D eigenvalue weighted by molar-refractivity contribution is -0.126. The second kappa shape index (κ2) is 3.13. The fourth-order valence-corrected chi connectivity index (χ4v) is 0.879. The number of carbonyl (C=O) groups is 1. The summed E-state index contributed by atoms with van der Waals surface area (Å²) in [6.07, 6.45) is 3.81. The van der Waals surface area contributed by atoms with E-state index >= 15 is 0 Å². The molecule has 1 aromatic rings. The van der Waals surface area contributed by atoms with Gasteiger partial charge in [0.2, 0.25) is 0 Å². The van der Waals surface area contributed by atoms with E-state index in [9.17, 15) is 4.79 Å². The van der Waals surface area contributed by atoms with Crippen molar-refractivity contribution < 1.29 is 4.79 Å². The van der Waals surface area contributed by atoms with Crippen LogP contribution in [-0.2, 0) is 11.3 Å². The molecule has 1 heterocycles. The highest BCUT2D eigenvalue weighted by Gasteiger charge is 2.20. The van der Waals surface area contributed by atoms with Gasteiger partial charge in [0.15, 0.2) is 5.78 Å². The first-order chi connectivity index (χ1) is 5.50. The molecule has 0 bridgehead atoms. The van der Waals surface area contributed by atoms with Crippen LogP contribution in [0, 0.1) is 5.41 Å². The largest absolute Gasteiger partial charge is 0.347 e. The van der Waals surface area contributed by atoms with Gasteiger partial charge < -0.3 is 4.57 Å². The normalized spacial score (nSPS) is 11.6. The fraction of sp³-hybridized carbons (Fsp3) is 0.500. The molecular formula is C10H15NO. The van der Waals surface area contributed by atoms with Crippen molar-refractivity contribution in [3.8, 4) is 0 Å². The maximum absolute atomic E-state index is 11.5. The summed E-state index contributed by atoms with van der Waals surface area (Å²) in [6.45, 7) is 6.31. The monoisotopic (exact) mass is 165 g/mol. The van der Waals surface area contributed by atoms with Crippen molar-refractivity contribution in [2.45, 2.75) is 27.3 Å². The molecule has 0 atom stereocenters. The van der Waals surface area contributed by atoms with Crippen molar-refractivity contribution in [1.29, 1.82) is 0 Å². The van der Waals surface area contributed by atoms with E-state index in [0.29, 0.717) is 6.54 Å². The molecule has 0 amide bonds. The minimum atomic E-state index is -0.232. The van der Waals surface area contributed by atoms with Gasteiger partial charge in [-0.2, -0.15) is 0 Å². The Morgan fingerprint density at radius 3 is 2.17 bits per heavy atom. The van der Waals surface area contributed by atoms with Crippen LogP contribution < -0.4 is 0 Å². The van der Waals surface area contributed by atoms with E-state index in [2.05, 4.69) is 0 Å². The second-order valence-electron chi connectivity index (χ2n) is 4.03. The Balaban J connectivity index is 2.60. The van der Waals surface area contributed by atoms with Crippen molar-refractivity contribution in [3.63, 3.8) is 0 Å². The van der Waals surface area contributed by atoms with Crippen LogP contribution in [0.25, 0.3) is 0 Å². The van der Waals surface area contributed by atoms with Gasteiger partial charge in [-0.15, -0.1) is 0 Å². The summed E-state index contributed by atoms with van der Waals surface area (Å²) in [7, 11) is 0. The molecule has 0 fully saturated rings. The molecule has 0 N–H and O–H groups in total. The topological polar surface area (TPSA) is 22.0 Å². The Morgan fingerprint density at radius 1 is 1.25 bits per heavy atom. The first-order valence-corrected chi connectivity index (χ1v) is 4.14. The van der Waals surface area contributed by atoms with Gasteiger partial charge in [-0.3, -0.25) is 4.79 Å². The molecule has 0 aliphatic rings. The molecule has 0 unspecified atom stereocenters. The maximum atomic E-state index is 11.5. The van der Waals surface area contributed by atoms with Crippen LogP contribution in [0.5, 0.6) is 0 Å². The number of nitrogens with zero attached hydrogens (tertiary/aromatic N) is 1. The van der Waals surface area contributed by atoms with Crippen LogP contribution in [0.2, 0.25) is 0 Å². The summed E-state index contributed by atoms with van der Waals surface area (Å²) in [6, 6.07) is 3.85. The summed E-state index contributed by atoms with van der Waals surface area (Å²) in [5.74, 6) is 0.263. The first-order valence-electron chi connectivity index (χ1n) is 4.14. The van der Waals surface area contributed by atoms with Gasteiger partial charge in [-0.05, 0) is 12.1 Å². The minimum Gasteiger partial charge on any atom is -0.347 e. The Bertz CT molecular complexity index is 254. The number of Topliss-reactive ketones (excluding diaryl/α,β-unsaturated/α-hetero) is 1. The van der Waals surface area contributed by atoms with E-state index in [1.54, 1.807) is 0 Å². The van der Waals surface area contributed by atoms with Gasteiger partial charge in [-0.25, -0.2) is 0 Å². The lowest BCUT2D eigenvalue weighted by Gasteiger charge is -2.16. The highest BCUT2D eigenvalue weighted by molar-refractivity contribution is 5.83. The molecule has 0 aliphatic carbocycles. The number of hydrogen-bond acceptors (Lipinski definition) is 1. The average Bonchev–Trinajstić information content (AvgIpc) is 2.37. The van der Waals surface area contributed by atoms with Crippen LogP contribution in [0.3, 0.4) is 0 Å². The Morgan fingerprint density at radius 2 is 1.75 bits per heavy atom. The molecule has 2 nitrogen and oxygen atoms in total. The van der Waals surface area contributed by atoms with E-state index in [4.69, 9.17) is 0 Å². The quantitative estimate of drug-likeness (QED) is 0.657. The first kappa shape index (κ1) is 9.04. The van der Waals surface area contributed by atoms with Crippen LogP contribution in [0.1, 0.15) is 20.8 Å². The SMILES string of the molecule is CC(C)(C)C(=O)Cn1cccc1. The van der Waals surface area contributed by atoms with Crippen molar-refractivity contribution in [1.82, 2.24) is 4.57 Å². The predicted octanol–water partition coefficient (Wildman–Crippen LogP) is 2.10. The standard InChI is InChI=1S/C10H15NO/c1-10(2,3)9(12)8-11-6-4-5-7-11/h4-7H,8H2,1-3H3. The molecule has 0 aliphatic heterocycles. The van der Waals surface area contributed by atoms with Crippen LogP contribution in [0.15, 0.2) is 24.5 Å². The van der Waals surface area contributed by atoms with E-state index in [1.165, 1.54) is 0 Å². The van der Waals surface area contributed by atoms with Gasteiger partial charge in [0, 0.05) is 17.8 Å². The van der Waals surface area contributed by atoms with E-state index in [1.807, 2.05) is 49.9 Å². The average molecular weight is 165 g/mol. The Labute approximate surface area is 73.2 Å². The molecule has 1 aromatic heterocycles. The molecule has 0 aromatic carbocycles. The number of rotatable bonds is 2. The summed E-state index contributed by atoms with van der Waals surface area (Å²) in [5.41, 5.74) is -0.232. The lowest BCUT2D eigenvalue weighted by Crippen LogP contribution is -2.24. The summed E-state index contributed by atoms with van der Waals surface area (Å²) < 4.78 is 1.90. The van der Waals surface area contributed by atoms with Gasteiger partial charge in [0.25, 0.3) is 0 Å². The third-order valence-electron chi connectivity index (χ3n) is 1.83. The zero-order valence-corrected chi connectivity index (χ0v) is 7.87. The number of hydrogen-bond donors (Lipinski definition) is 0. The second-order valence-corrected chi connectivity index (χ2v) is 4.03. The highest BCUT2D eigenvalue weighted by Crippen LogP contribution is 2.15. The van der Waals surface area contributed by atoms with Crippen LogP contribution in [0.4, 0.5) is 0 Å². The fourth-order valence-electron chi connectivity index (χ4n) is 0.879. The number of ketones is 1. The van der Waals surface area contributed by atoms with Crippen molar-refractivity contribution in [2.24, 2.45) is 5.41 Å². The third kappa shape index (κ3) is 2.22. The van der Waals surface area contributed by atoms with E-state index < -0.39 is 0 Å². The molecule has 1 rings (SSSR count). The smallest absolute Gasteiger partial charge is 0.157 e. The zero-order valence-electron chi connectivity index (χ0n) is 7.87. The summed E-state index contributed by atoms with van der Waals surface area (Å²) in [4.78, 5) is 11.5. The molecular weight excluding hydrogens is 150 g/mol.